The fourth-order valence-corrected chi connectivity index (χ4v) is 2.98. The summed E-state index contributed by atoms with van der Waals surface area (Å²) in [5, 5.41) is 9.73. The van der Waals surface area contributed by atoms with E-state index in [0.29, 0.717) is 5.75 Å². The van der Waals surface area contributed by atoms with E-state index >= 15 is 0 Å². The van der Waals surface area contributed by atoms with Gasteiger partial charge in [0, 0.05) is 15.2 Å². The van der Waals surface area contributed by atoms with Crippen LogP contribution < -0.4 is 5.73 Å². The van der Waals surface area contributed by atoms with Crippen LogP contribution >= 0.6 is 57.6 Å². The zero-order chi connectivity index (χ0) is 10.0. The van der Waals surface area contributed by atoms with Gasteiger partial charge in [-0.2, -0.15) is 0 Å². The molecule has 2 nitrogen and oxygen atoms in total. The Bertz CT molecular complexity index is 320. The second-order valence-electron chi connectivity index (χ2n) is 2.84. The van der Waals surface area contributed by atoms with Crippen LogP contribution in [-0.4, -0.2) is 5.11 Å². The number of nitrogens with two attached hydrogens (primary N) is 1. The minimum absolute atomic E-state index is 0. The summed E-state index contributed by atoms with van der Waals surface area (Å²) in [4.78, 5) is 0. The van der Waals surface area contributed by atoms with E-state index in [0.717, 1.165) is 19.1 Å². The lowest BCUT2D eigenvalue weighted by molar-refractivity contribution is 0.456. The molecule has 0 aliphatic heterocycles. The first-order valence-electron chi connectivity index (χ1n) is 3.99. The number of aromatic hydroxyl groups is 1. The summed E-state index contributed by atoms with van der Waals surface area (Å²) in [6.07, 6.45) is 0.837. The molecule has 0 radical (unpaired) electrons. The Kier molecular flexibility index (Phi) is 6.67. The highest BCUT2D eigenvalue weighted by molar-refractivity contribution is 14.1. The quantitative estimate of drug-likeness (QED) is 0.694. The largest absolute Gasteiger partial charge is 0.506 e. The summed E-state index contributed by atoms with van der Waals surface area (Å²) < 4.78 is 1.97. The van der Waals surface area contributed by atoms with Crippen molar-refractivity contribution < 1.29 is 5.11 Å². The molecule has 0 unspecified atom stereocenters. The number of rotatable bonds is 2. The van der Waals surface area contributed by atoms with Crippen molar-refractivity contribution in [2.75, 3.05) is 0 Å². The van der Waals surface area contributed by atoms with Crippen LogP contribution in [0.5, 0.6) is 5.75 Å². The first-order chi connectivity index (χ1) is 6.06. The molecule has 0 amide bonds. The van der Waals surface area contributed by atoms with Gasteiger partial charge in [-0.3, -0.25) is 0 Å². The molecule has 0 heterocycles. The summed E-state index contributed by atoms with van der Waals surface area (Å²) in [7, 11) is 0. The second-order valence-corrected chi connectivity index (χ2v) is 5.25. The van der Waals surface area contributed by atoms with Crippen molar-refractivity contribution in [3.8, 4) is 5.75 Å². The molecule has 0 spiro atoms. The summed E-state index contributed by atoms with van der Waals surface area (Å²) in [6, 6.07) is 3.80. The lowest BCUT2D eigenvalue weighted by Crippen LogP contribution is -2.09. The monoisotopic (exact) mass is 439 g/mol. The van der Waals surface area contributed by atoms with Gasteiger partial charge in [-0.05, 0) is 63.7 Å². The van der Waals surface area contributed by atoms with Gasteiger partial charge in [0.2, 0.25) is 0 Å². The maximum Gasteiger partial charge on any atom is 0.133 e. The Morgan fingerprint density at radius 2 is 2.00 bits per heavy atom. The summed E-state index contributed by atoms with van der Waals surface area (Å²) in [6.45, 7) is 2.01. The molecule has 80 valence electrons. The van der Waals surface area contributed by atoms with E-state index in [-0.39, 0.29) is 18.4 Å². The van der Waals surface area contributed by atoms with E-state index in [4.69, 9.17) is 5.73 Å². The molecule has 5 heteroatoms. The van der Waals surface area contributed by atoms with Gasteiger partial charge in [-0.1, -0.05) is 6.92 Å². The van der Waals surface area contributed by atoms with Gasteiger partial charge in [0.1, 0.15) is 5.75 Å². The smallest absolute Gasteiger partial charge is 0.133 e. The minimum atomic E-state index is -0.0665. The van der Waals surface area contributed by atoms with Crippen molar-refractivity contribution in [1.82, 2.24) is 0 Å². The van der Waals surface area contributed by atoms with Gasteiger partial charge in [-0.15, -0.1) is 12.4 Å². The molecule has 1 rings (SSSR count). The average molecular weight is 439 g/mol. The molecule has 14 heavy (non-hydrogen) atoms. The number of phenolic OH excluding ortho intramolecular Hbond substituents is 1. The third-order valence-electron chi connectivity index (χ3n) is 1.90. The molecule has 1 aromatic carbocycles. The Morgan fingerprint density at radius 3 is 2.50 bits per heavy atom. The fraction of sp³-hybridized carbons (Fsp3) is 0.333. The van der Waals surface area contributed by atoms with Crippen LogP contribution in [0.25, 0.3) is 0 Å². The zero-order valence-electron chi connectivity index (χ0n) is 7.63. The van der Waals surface area contributed by atoms with Crippen molar-refractivity contribution in [1.29, 1.82) is 0 Å². The SMILES string of the molecule is CC[C@@H](N)c1cc(I)cc(I)c1O.Cl. The number of benzene rings is 1. The number of phenols is 1. The zero-order valence-corrected chi connectivity index (χ0v) is 12.8. The summed E-state index contributed by atoms with van der Waals surface area (Å²) >= 11 is 4.34. The number of halogens is 3. The van der Waals surface area contributed by atoms with Crippen LogP contribution in [0.2, 0.25) is 0 Å². The van der Waals surface area contributed by atoms with E-state index in [1.165, 1.54) is 0 Å². The lowest BCUT2D eigenvalue weighted by Gasteiger charge is -2.12. The first-order valence-corrected chi connectivity index (χ1v) is 6.15. The van der Waals surface area contributed by atoms with Crippen molar-refractivity contribution in [3.63, 3.8) is 0 Å². The van der Waals surface area contributed by atoms with E-state index in [1.54, 1.807) is 0 Å². The third kappa shape index (κ3) is 3.39. The molecule has 0 aromatic heterocycles. The molecule has 0 aliphatic carbocycles. The molecular formula is C9H12ClI2NO. The average Bonchev–Trinajstić information content (AvgIpc) is 2.10. The highest BCUT2D eigenvalue weighted by Crippen LogP contribution is 2.31. The van der Waals surface area contributed by atoms with Gasteiger partial charge < -0.3 is 10.8 Å². The van der Waals surface area contributed by atoms with Crippen molar-refractivity contribution >= 4 is 57.6 Å². The van der Waals surface area contributed by atoms with Crippen molar-refractivity contribution in [2.24, 2.45) is 5.73 Å². The van der Waals surface area contributed by atoms with Crippen LogP contribution in [-0.2, 0) is 0 Å². The summed E-state index contributed by atoms with van der Waals surface area (Å²) in [5.74, 6) is 0.329. The van der Waals surface area contributed by atoms with Crippen LogP contribution in [0.15, 0.2) is 12.1 Å². The molecule has 0 saturated carbocycles. The Balaban J connectivity index is 0.00000169. The van der Waals surface area contributed by atoms with Gasteiger partial charge in [0.15, 0.2) is 0 Å². The van der Waals surface area contributed by atoms with E-state index in [2.05, 4.69) is 45.2 Å². The molecular weight excluding hydrogens is 427 g/mol. The van der Waals surface area contributed by atoms with Crippen LogP contribution in [0.1, 0.15) is 24.9 Å². The molecule has 0 bridgehead atoms. The number of hydrogen-bond acceptors (Lipinski definition) is 2. The highest BCUT2D eigenvalue weighted by atomic mass is 127. The lowest BCUT2D eigenvalue weighted by atomic mass is 10.0. The highest BCUT2D eigenvalue weighted by Gasteiger charge is 2.12. The van der Waals surface area contributed by atoms with Crippen molar-refractivity contribution in [3.05, 3.63) is 24.8 Å². The topological polar surface area (TPSA) is 46.2 Å². The molecule has 1 aromatic rings. The predicted octanol–water partition coefficient (Wildman–Crippen LogP) is 3.43. The standard InChI is InChI=1S/C9H11I2NO.ClH/c1-2-8(12)6-3-5(10)4-7(11)9(6)13;/h3-4,8,13H,2,12H2,1H3;1H/t8-;/m1./s1. The van der Waals surface area contributed by atoms with Gasteiger partial charge in [0.05, 0.1) is 3.57 Å². The maximum absolute atomic E-state index is 9.73. The Hall–Kier alpha value is 0.730. The third-order valence-corrected chi connectivity index (χ3v) is 3.34. The van der Waals surface area contributed by atoms with E-state index in [9.17, 15) is 5.11 Å². The normalized spacial score (nSPS) is 12.0. The maximum atomic E-state index is 9.73. The Morgan fingerprint density at radius 1 is 1.43 bits per heavy atom. The fourth-order valence-electron chi connectivity index (χ4n) is 1.09. The first kappa shape index (κ1) is 14.7. The Labute approximate surface area is 117 Å². The van der Waals surface area contributed by atoms with Crippen LogP contribution in [0.4, 0.5) is 0 Å². The molecule has 0 fully saturated rings. The predicted molar refractivity (Wildman–Crippen MR) is 78.0 cm³/mol. The van der Waals surface area contributed by atoms with Gasteiger partial charge in [-0.25, -0.2) is 0 Å². The van der Waals surface area contributed by atoms with Crippen molar-refractivity contribution in [2.45, 2.75) is 19.4 Å². The van der Waals surface area contributed by atoms with Gasteiger partial charge >= 0.3 is 0 Å². The second kappa shape index (κ2) is 6.34. The van der Waals surface area contributed by atoms with Crippen LogP contribution in [0, 0.1) is 7.14 Å². The molecule has 0 saturated heterocycles. The summed E-state index contributed by atoms with van der Waals surface area (Å²) in [5.41, 5.74) is 6.71. The van der Waals surface area contributed by atoms with Gasteiger partial charge in [0.25, 0.3) is 0 Å². The van der Waals surface area contributed by atoms with Crippen LogP contribution in [0.3, 0.4) is 0 Å². The molecule has 1 atom stereocenters. The molecule has 0 aliphatic rings. The molecule has 3 N–H and O–H groups in total. The minimum Gasteiger partial charge on any atom is -0.506 e. The van der Waals surface area contributed by atoms with E-state index < -0.39 is 0 Å². The van der Waals surface area contributed by atoms with E-state index in [1.807, 2.05) is 19.1 Å². The number of hydrogen-bond donors (Lipinski definition) is 2.